The summed E-state index contributed by atoms with van der Waals surface area (Å²) in [5, 5.41) is 4.94. The number of aromatic nitrogens is 2. The second-order valence-corrected chi connectivity index (χ2v) is 6.95. The number of nitrogens with one attached hydrogen (secondary N) is 2. The largest absolute Gasteiger partial charge is 0.405 e. The number of amides is 2. The number of thiazole rings is 1. The summed E-state index contributed by atoms with van der Waals surface area (Å²) in [7, 11) is 0. The van der Waals surface area contributed by atoms with Gasteiger partial charge in [-0.05, 0) is 31.2 Å². The van der Waals surface area contributed by atoms with Crippen LogP contribution in [-0.2, 0) is 0 Å². The molecule has 150 valence electrons. The molecule has 0 saturated carbocycles. The summed E-state index contributed by atoms with van der Waals surface area (Å²) in [6, 6.07) is 11.2. The maximum Gasteiger partial charge on any atom is 0.405 e. The molecular formula is C19H15F3N4O2S. The van der Waals surface area contributed by atoms with Gasteiger partial charge in [-0.1, -0.05) is 18.2 Å². The highest BCUT2D eigenvalue weighted by Crippen LogP contribution is 2.27. The van der Waals surface area contributed by atoms with E-state index in [-0.39, 0.29) is 11.3 Å². The number of benzene rings is 1. The Kier molecular flexibility index (Phi) is 5.92. The number of hydrogen-bond donors (Lipinski definition) is 2. The summed E-state index contributed by atoms with van der Waals surface area (Å²) in [4.78, 5) is 33.7. The van der Waals surface area contributed by atoms with E-state index >= 15 is 0 Å². The smallest absolute Gasteiger partial charge is 0.343 e. The van der Waals surface area contributed by atoms with Gasteiger partial charge in [-0.15, -0.1) is 11.3 Å². The lowest BCUT2D eigenvalue weighted by Crippen LogP contribution is -2.34. The molecule has 0 aliphatic carbocycles. The monoisotopic (exact) mass is 420 g/mol. The predicted molar refractivity (Wildman–Crippen MR) is 103 cm³/mol. The van der Waals surface area contributed by atoms with E-state index in [9.17, 15) is 22.8 Å². The van der Waals surface area contributed by atoms with E-state index in [1.54, 1.807) is 42.7 Å². The van der Waals surface area contributed by atoms with Crippen molar-refractivity contribution in [3.63, 3.8) is 0 Å². The van der Waals surface area contributed by atoms with Crippen molar-refractivity contribution >= 4 is 28.8 Å². The Morgan fingerprint density at radius 2 is 1.79 bits per heavy atom. The number of carbonyl (C=O) groups is 2. The van der Waals surface area contributed by atoms with Crippen molar-refractivity contribution in [3.05, 3.63) is 64.8 Å². The minimum Gasteiger partial charge on any atom is -0.343 e. The third kappa shape index (κ3) is 5.17. The number of pyridine rings is 1. The average Bonchev–Trinajstić information content (AvgIpc) is 3.08. The van der Waals surface area contributed by atoms with E-state index in [0.717, 1.165) is 11.3 Å². The second-order valence-electron chi connectivity index (χ2n) is 5.95. The van der Waals surface area contributed by atoms with E-state index in [1.165, 1.54) is 18.2 Å². The summed E-state index contributed by atoms with van der Waals surface area (Å²) >= 11 is 1.13. The molecule has 6 nitrogen and oxygen atoms in total. The van der Waals surface area contributed by atoms with Gasteiger partial charge in [0.15, 0.2) is 0 Å². The van der Waals surface area contributed by atoms with Gasteiger partial charge in [0.1, 0.15) is 16.4 Å². The minimum atomic E-state index is -4.53. The summed E-state index contributed by atoms with van der Waals surface area (Å²) in [6.07, 6.45) is -2.92. The molecule has 3 rings (SSSR count). The molecule has 0 aliphatic heterocycles. The van der Waals surface area contributed by atoms with Gasteiger partial charge in [0.05, 0.1) is 22.6 Å². The highest BCUT2D eigenvalue weighted by molar-refractivity contribution is 7.17. The molecular weight excluding hydrogens is 405 g/mol. The fourth-order valence-electron chi connectivity index (χ4n) is 2.45. The van der Waals surface area contributed by atoms with Crippen LogP contribution in [0.3, 0.4) is 0 Å². The molecule has 1 aromatic carbocycles. The zero-order valence-electron chi connectivity index (χ0n) is 15.1. The molecule has 0 fully saturated rings. The summed E-state index contributed by atoms with van der Waals surface area (Å²) in [6.45, 7) is 0.204. The van der Waals surface area contributed by atoms with Gasteiger partial charge in [0.25, 0.3) is 11.8 Å². The van der Waals surface area contributed by atoms with Crippen LogP contribution >= 0.6 is 11.3 Å². The Labute approximate surface area is 167 Å². The Morgan fingerprint density at radius 3 is 2.48 bits per heavy atom. The Morgan fingerprint density at radius 1 is 1.07 bits per heavy atom. The quantitative estimate of drug-likeness (QED) is 0.652. The van der Waals surface area contributed by atoms with Crippen LogP contribution in [0.1, 0.15) is 25.7 Å². The predicted octanol–water partition coefficient (Wildman–Crippen LogP) is 4.06. The van der Waals surface area contributed by atoms with Crippen molar-refractivity contribution in [2.75, 3.05) is 11.9 Å². The molecule has 2 heterocycles. The number of para-hydroxylation sites is 1. The maximum absolute atomic E-state index is 12.7. The van der Waals surface area contributed by atoms with Crippen LogP contribution in [-0.4, -0.2) is 34.5 Å². The van der Waals surface area contributed by atoms with Crippen molar-refractivity contribution in [3.8, 4) is 10.7 Å². The number of hydrogen-bond acceptors (Lipinski definition) is 5. The topological polar surface area (TPSA) is 84.0 Å². The Hall–Kier alpha value is -3.27. The summed E-state index contributed by atoms with van der Waals surface area (Å²) in [5.74, 6) is -1.45. The van der Waals surface area contributed by atoms with Crippen LogP contribution in [0.25, 0.3) is 10.7 Å². The average molecular weight is 420 g/mol. The lowest BCUT2D eigenvalue weighted by molar-refractivity contribution is -0.123. The van der Waals surface area contributed by atoms with Crippen LogP contribution in [0.2, 0.25) is 0 Å². The van der Waals surface area contributed by atoms with E-state index < -0.39 is 24.5 Å². The van der Waals surface area contributed by atoms with Gasteiger partial charge in [-0.2, -0.15) is 13.2 Å². The highest BCUT2D eigenvalue weighted by atomic mass is 32.1. The van der Waals surface area contributed by atoms with E-state index in [2.05, 4.69) is 15.3 Å². The molecule has 3 aromatic rings. The first-order valence-corrected chi connectivity index (χ1v) is 9.20. The molecule has 0 atom stereocenters. The van der Waals surface area contributed by atoms with Crippen molar-refractivity contribution in [1.82, 2.24) is 15.3 Å². The first-order valence-electron chi connectivity index (χ1n) is 8.39. The molecule has 0 bridgehead atoms. The molecule has 10 heteroatoms. The fourth-order valence-corrected chi connectivity index (χ4v) is 3.39. The third-order valence-corrected chi connectivity index (χ3v) is 4.93. The third-order valence-electron chi connectivity index (χ3n) is 3.76. The van der Waals surface area contributed by atoms with Gasteiger partial charge in [-0.3, -0.25) is 14.6 Å². The van der Waals surface area contributed by atoms with Gasteiger partial charge in [0.2, 0.25) is 0 Å². The van der Waals surface area contributed by atoms with Crippen molar-refractivity contribution in [2.24, 2.45) is 0 Å². The number of carbonyl (C=O) groups excluding carboxylic acids is 2. The molecule has 2 aromatic heterocycles. The van der Waals surface area contributed by atoms with Gasteiger partial charge >= 0.3 is 6.18 Å². The first-order chi connectivity index (χ1) is 13.7. The number of alkyl halides is 3. The normalized spacial score (nSPS) is 11.2. The molecule has 0 saturated heterocycles. The zero-order valence-corrected chi connectivity index (χ0v) is 15.9. The molecule has 0 spiro atoms. The van der Waals surface area contributed by atoms with Crippen LogP contribution < -0.4 is 10.6 Å². The highest BCUT2D eigenvalue weighted by Gasteiger charge is 2.28. The molecule has 29 heavy (non-hydrogen) atoms. The number of halogens is 3. The molecule has 0 radical (unpaired) electrons. The molecule has 2 N–H and O–H groups in total. The van der Waals surface area contributed by atoms with Gasteiger partial charge in [-0.25, -0.2) is 4.98 Å². The SMILES string of the molecule is Cc1nc(-c2ccccn2)sc1C(=O)Nc1ccccc1C(=O)NCC(F)(F)F. The van der Waals surface area contributed by atoms with Crippen LogP contribution in [0.4, 0.5) is 18.9 Å². The van der Waals surface area contributed by atoms with Crippen molar-refractivity contribution in [2.45, 2.75) is 13.1 Å². The lowest BCUT2D eigenvalue weighted by Gasteiger charge is -2.12. The fraction of sp³-hybridized carbons (Fsp3) is 0.158. The van der Waals surface area contributed by atoms with E-state index in [0.29, 0.717) is 21.3 Å². The van der Waals surface area contributed by atoms with Crippen molar-refractivity contribution in [1.29, 1.82) is 0 Å². The van der Waals surface area contributed by atoms with Crippen LogP contribution in [0.15, 0.2) is 48.7 Å². The second kappa shape index (κ2) is 8.39. The Bertz CT molecular complexity index is 1040. The zero-order chi connectivity index (χ0) is 21.0. The van der Waals surface area contributed by atoms with Crippen LogP contribution in [0, 0.1) is 6.92 Å². The first kappa shape index (κ1) is 20.5. The number of rotatable bonds is 5. The van der Waals surface area contributed by atoms with Gasteiger partial charge < -0.3 is 10.6 Å². The summed E-state index contributed by atoms with van der Waals surface area (Å²) < 4.78 is 37.1. The molecule has 0 unspecified atom stereocenters. The lowest BCUT2D eigenvalue weighted by atomic mass is 10.1. The number of nitrogens with zero attached hydrogens (tertiary/aromatic N) is 2. The number of aryl methyl sites for hydroxylation is 1. The number of anilines is 1. The maximum atomic E-state index is 12.7. The standard InChI is InChI=1S/C19H15F3N4O2S/c1-11-15(29-18(25-11)14-8-4-5-9-23-14)17(28)26-13-7-3-2-6-12(13)16(27)24-10-19(20,21)22/h2-9H,10H2,1H3,(H,24,27)(H,26,28). The molecule has 2 amide bonds. The summed E-state index contributed by atoms with van der Waals surface area (Å²) in [5.41, 5.74) is 1.13. The molecule has 0 aliphatic rings. The van der Waals surface area contributed by atoms with E-state index in [1.807, 2.05) is 0 Å². The van der Waals surface area contributed by atoms with Crippen LogP contribution in [0.5, 0.6) is 0 Å². The Balaban J connectivity index is 1.80. The van der Waals surface area contributed by atoms with E-state index in [4.69, 9.17) is 0 Å². The minimum absolute atomic E-state index is 0.0720. The van der Waals surface area contributed by atoms with Crippen molar-refractivity contribution < 1.29 is 22.8 Å². The van der Waals surface area contributed by atoms with Gasteiger partial charge in [0, 0.05) is 6.20 Å².